The van der Waals surface area contributed by atoms with Crippen LogP contribution in [0.1, 0.15) is 26.3 Å². The summed E-state index contributed by atoms with van der Waals surface area (Å²) >= 11 is 3.68. The van der Waals surface area contributed by atoms with Crippen molar-refractivity contribution in [3.63, 3.8) is 0 Å². The molecule has 4 aromatic carbocycles. The molecule has 0 radical (unpaired) electrons. The number of ketones is 1. The molecule has 1 aliphatic carbocycles. The quantitative estimate of drug-likeness (QED) is 0.111. The summed E-state index contributed by atoms with van der Waals surface area (Å²) in [6.45, 7) is 0. The lowest BCUT2D eigenvalue weighted by atomic mass is 9.77. The number of methoxy groups -OCH3 is 10. The first-order valence-corrected chi connectivity index (χ1v) is 14.5. The third-order valence-electron chi connectivity index (χ3n) is 8.24. The van der Waals surface area contributed by atoms with Crippen LogP contribution in [0, 0.1) is 0 Å². The number of esters is 1. The average molecular weight is 702 g/mol. The maximum Gasteiger partial charge on any atom is 0.345 e. The van der Waals surface area contributed by atoms with Gasteiger partial charge in [-0.25, -0.2) is 4.79 Å². The van der Waals surface area contributed by atoms with Crippen molar-refractivity contribution < 1.29 is 57.0 Å². The molecule has 46 heavy (non-hydrogen) atoms. The number of halogens is 1. The summed E-state index contributed by atoms with van der Waals surface area (Å²) in [5.74, 6) is -1.41. The second-order valence-electron chi connectivity index (χ2n) is 9.92. The van der Waals surface area contributed by atoms with Gasteiger partial charge in [-0.3, -0.25) is 4.79 Å². The Morgan fingerprint density at radius 2 is 1.20 bits per heavy atom. The Labute approximate surface area is 273 Å². The van der Waals surface area contributed by atoms with Crippen LogP contribution >= 0.6 is 15.9 Å². The first-order chi connectivity index (χ1) is 22.1. The number of carbonyl (C=O) groups excluding carboxylic acids is 2. The molecule has 1 aliphatic rings. The van der Waals surface area contributed by atoms with Gasteiger partial charge in [0.05, 0.1) is 77.7 Å². The van der Waals surface area contributed by atoms with E-state index in [9.17, 15) is 9.59 Å². The van der Waals surface area contributed by atoms with E-state index in [-0.39, 0.29) is 33.9 Å². The molecule has 4 aromatic rings. The van der Waals surface area contributed by atoms with Gasteiger partial charge in [0.25, 0.3) is 5.79 Å². The highest BCUT2D eigenvalue weighted by Gasteiger charge is 2.52. The van der Waals surface area contributed by atoms with E-state index in [0.717, 1.165) is 0 Å². The molecule has 0 bridgehead atoms. The van der Waals surface area contributed by atoms with E-state index in [2.05, 4.69) is 15.9 Å². The first-order valence-electron chi connectivity index (χ1n) is 13.7. The highest BCUT2D eigenvalue weighted by molar-refractivity contribution is 9.10. The van der Waals surface area contributed by atoms with Crippen molar-refractivity contribution in [2.24, 2.45) is 0 Å². The molecule has 0 amide bonds. The highest BCUT2D eigenvalue weighted by atomic mass is 79.9. The van der Waals surface area contributed by atoms with Crippen molar-refractivity contribution in [1.29, 1.82) is 0 Å². The summed E-state index contributed by atoms with van der Waals surface area (Å²) in [5, 5.41) is 2.01. The van der Waals surface area contributed by atoms with E-state index in [0.29, 0.717) is 60.1 Å². The number of carbonyl (C=O) groups is 2. The van der Waals surface area contributed by atoms with E-state index in [4.69, 9.17) is 47.4 Å². The molecular weight excluding hydrogens is 668 g/mol. The van der Waals surface area contributed by atoms with Crippen LogP contribution in [0.4, 0.5) is 0 Å². The van der Waals surface area contributed by atoms with Crippen LogP contribution in [0.5, 0.6) is 40.2 Å². The fourth-order valence-electron chi connectivity index (χ4n) is 6.32. The third-order valence-corrected chi connectivity index (χ3v) is 9.02. The van der Waals surface area contributed by atoms with Gasteiger partial charge in [0.15, 0.2) is 0 Å². The molecule has 0 N–H and O–H groups in total. The van der Waals surface area contributed by atoms with E-state index in [1.54, 1.807) is 12.1 Å². The fourth-order valence-corrected chi connectivity index (χ4v) is 6.98. The number of benzene rings is 4. The van der Waals surface area contributed by atoms with Gasteiger partial charge in [-0.1, -0.05) is 0 Å². The number of rotatable bonds is 10. The minimum absolute atomic E-state index is 0.00741. The van der Waals surface area contributed by atoms with Crippen LogP contribution in [0.3, 0.4) is 0 Å². The predicted molar refractivity (Wildman–Crippen MR) is 172 cm³/mol. The van der Waals surface area contributed by atoms with Crippen molar-refractivity contribution >= 4 is 49.2 Å². The summed E-state index contributed by atoms with van der Waals surface area (Å²) in [4.78, 5) is 27.9. The molecule has 0 fully saturated rings. The van der Waals surface area contributed by atoms with Crippen molar-refractivity contribution in [3.8, 4) is 51.4 Å². The summed E-state index contributed by atoms with van der Waals surface area (Å²) in [7, 11) is 14.2. The van der Waals surface area contributed by atoms with E-state index in [1.807, 2.05) is 0 Å². The van der Waals surface area contributed by atoms with Crippen LogP contribution in [0.15, 0.2) is 22.7 Å². The average Bonchev–Trinajstić information content (AvgIpc) is 3.09. The molecule has 0 unspecified atom stereocenters. The molecule has 12 nitrogen and oxygen atoms in total. The van der Waals surface area contributed by atoms with Crippen LogP contribution < -0.4 is 33.2 Å². The van der Waals surface area contributed by atoms with E-state index in [1.165, 1.54) is 77.2 Å². The lowest BCUT2D eigenvalue weighted by Crippen LogP contribution is -2.43. The Kier molecular flexibility index (Phi) is 8.86. The molecule has 0 saturated heterocycles. The maximum atomic E-state index is 14.7. The highest BCUT2D eigenvalue weighted by Crippen LogP contribution is 2.59. The SMILES string of the molecule is COC(=O)c1c(OC)cc2c(c1OC)-c1cc3c(OC)c4c(Br)c(OC)cc(OC)c4c(OC)c3c(OC)c1C(=O)C2(OC)OC. The molecule has 0 spiro atoms. The molecule has 0 heterocycles. The molecule has 13 heteroatoms. The zero-order valence-corrected chi connectivity index (χ0v) is 28.6. The first kappa shape index (κ1) is 32.9. The fraction of sp³-hybridized carbons (Fsp3) is 0.333. The van der Waals surface area contributed by atoms with Gasteiger partial charge >= 0.3 is 5.97 Å². The maximum absolute atomic E-state index is 14.7. The number of ether oxygens (including phenoxy) is 10. The van der Waals surface area contributed by atoms with Crippen molar-refractivity contribution in [3.05, 3.63) is 39.4 Å². The molecule has 5 rings (SSSR count). The summed E-state index contributed by atoms with van der Waals surface area (Å²) in [6.07, 6.45) is 0. The lowest BCUT2D eigenvalue weighted by Gasteiger charge is -2.38. The van der Waals surface area contributed by atoms with E-state index >= 15 is 0 Å². The van der Waals surface area contributed by atoms with Crippen molar-refractivity contribution in [2.45, 2.75) is 5.79 Å². The van der Waals surface area contributed by atoms with Gasteiger partial charge in [0.1, 0.15) is 45.8 Å². The minimum Gasteiger partial charge on any atom is -0.496 e. The lowest BCUT2D eigenvalue weighted by molar-refractivity contribution is -0.176. The van der Waals surface area contributed by atoms with E-state index < -0.39 is 17.5 Å². The van der Waals surface area contributed by atoms with Crippen molar-refractivity contribution in [1.82, 2.24) is 0 Å². The largest absolute Gasteiger partial charge is 0.496 e. The molecular formula is C33H33BrO12. The van der Waals surface area contributed by atoms with Crippen LogP contribution in [0.2, 0.25) is 0 Å². The molecule has 0 atom stereocenters. The van der Waals surface area contributed by atoms with Crippen LogP contribution in [0.25, 0.3) is 32.7 Å². The monoisotopic (exact) mass is 700 g/mol. The second-order valence-corrected chi connectivity index (χ2v) is 10.7. The smallest absolute Gasteiger partial charge is 0.345 e. The zero-order valence-electron chi connectivity index (χ0n) is 27.0. The topological polar surface area (TPSA) is 126 Å². The summed E-state index contributed by atoms with van der Waals surface area (Å²) < 4.78 is 58.4. The molecule has 244 valence electrons. The van der Waals surface area contributed by atoms with Crippen molar-refractivity contribution in [2.75, 3.05) is 71.1 Å². The van der Waals surface area contributed by atoms with Gasteiger partial charge < -0.3 is 47.4 Å². The Morgan fingerprint density at radius 1 is 0.609 bits per heavy atom. The van der Waals surface area contributed by atoms with Gasteiger partial charge in [0, 0.05) is 47.7 Å². The van der Waals surface area contributed by atoms with Gasteiger partial charge in [-0.05, 0) is 28.1 Å². The third kappa shape index (κ3) is 4.25. The number of fused-ring (bicyclic) bond motifs is 5. The van der Waals surface area contributed by atoms with Gasteiger partial charge in [-0.15, -0.1) is 0 Å². The number of hydrogen-bond acceptors (Lipinski definition) is 12. The Bertz CT molecular complexity index is 1910. The Balaban J connectivity index is 2.16. The molecule has 0 aliphatic heterocycles. The molecule has 0 saturated carbocycles. The minimum atomic E-state index is -2.00. The summed E-state index contributed by atoms with van der Waals surface area (Å²) in [6, 6.07) is 4.95. The van der Waals surface area contributed by atoms with Crippen LogP contribution in [-0.2, 0) is 20.0 Å². The normalized spacial score (nSPS) is 13.2. The predicted octanol–water partition coefficient (Wildman–Crippen LogP) is 5.91. The number of hydrogen-bond donors (Lipinski definition) is 0. The number of Topliss-reactive ketones (excluding diaryl/α,β-unsaturated/α-hetero) is 1. The standard InChI is InChI=1S/C33H33BrO12/c1-37-17-12-16-20(28(41-5)24(17)32(36)44-8)14-11-15-21(29(42-6)22(14)31(35)33(16,45-9)46-10)30(43-7)23-18(38-2)13-19(39-3)26(34)25(23)27(15)40-4/h11-13H,1-10H3. The second kappa shape index (κ2) is 12.4. The summed E-state index contributed by atoms with van der Waals surface area (Å²) in [5.41, 5.74) is 0.952. The van der Waals surface area contributed by atoms with Gasteiger partial charge in [-0.2, -0.15) is 0 Å². The zero-order chi connectivity index (χ0) is 33.7. The Morgan fingerprint density at radius 3 is 1.70 bits per heavy atom. The molecule has 0 aromatic heterocycles. The van der Waals surface area contributed by atoms with Crippen LogP contribution in [-0.4, -0.2) is 82.9 Å². The Hall–Kier alpha value is -4.46. The van der Waals surface area contributed by atoms with Gasteiger partial charge in [0.2, 0.25) is 5.78 Å².